The van der Waals surface area contributed by atoms with Gasteiger partial charge < -0.3 is 10.6 Å². The third-order valence-corrected chi connectivity index (χ3v) is 7.40. The molecule has 5 aromatic rings. The number of nitrogens with one attached hydrogen (secondary N) is 2. The van der Waals surface area contributed by atoms with Crippen LogP contribution in [0.1, 0.15) is 16.7 Å². The first-order valence-electron chi connectivity index (χ1n) is 12.2. The van der Waals surface area contributed by atoms with Crippen LogP contribution in [-0.4, -0.2) is 35.9 Å². The molecular weight excluding hydrogens is 482 g/mol. The number of carbonyl (C=O) groups excluding carboxylic acids is 2. The fraction of sp³-hybridized carbons (Fsp3) is 0.143. The topological polar surface area (TPSA) is 124 Å². The molecule has 2 amide bonds. The summed E-state index contributed by atoms with van der Waals surface area (Å²) < 4.78 is 2.90. The van der Waals surface area contributed by atoms with Crippen molar-refractivity contribution in [1.29, 1.82) is 0 Å². The van der Waals surface area contributed by atoms with Crippen molar-refractivity contribution >= 4 is 34.4 Å². The van der Waals surface area contributed by atoms with Crippen LogP contribution in [0.25, 0.3) is 16.9 Å². The van der Waals surface area contributed by atoms with E-state index in [1.165, 1.54) is 15.5 Å². The van der Waals surface area contributed by atoms with Gasteiger partial charge in [0.25, 0.3) is 0 Å². The fourth-order valence-electron chi connectivity index (χ4n) is 5.69. The molecule has 0 saturated carbocycles. The summed E-state index contributed by atoms with van der Waals surface area (Å²) in [5.74, 6) is 0.664. The lowest BCUT2D eigenvalue weighted by molar-refractivity contribution is -0.120. The molecule has 2 N–H and O–H groups in total. The minimum absolute atomic E-state index is 0.0487. The standard InChI is InChI=1S/C28H21N7O3/c36-24(15-34-21-5-1-2-6-22(21)35(27(34)38)23-9-11-29-16-31-23)32-19-8-7-17-13-28(14-18(17)12-19)20-4-3-10-30-25(20)33-26(28)37/h1-12,16H,13-15H2,(H,32,36)(H,30,33,37)/t28-/m0/s1. The summed E-state index contributed by atoms with van der Waals surface area (Å²) in [5, 5.41) is 5.83. The van der Waals surface area contributed by atoms with Crippen molar-refractivity contribution < 1.29 is 9.59 Å². The Morgan fingerprint density at radius 2 is 1.79 bits per heavy atom. The molecular formula is C28H21N7O3. The van der Waals surface area contributed by atoms with Crippen molar-refractivity contribution in [2.24, 2.45) is 0 Å². The maximum Gasteiger partial charge on any atom is 0.335 e. The Labute approximate surface area is 216 Å². The Bertz CT molecular complexity index is 1830. The molecule has 4 heterocycles. The van der Waals surface area contributed by atoms with Gasteiger partial charge in [-0.1, -0.05) is 24.3 Å². The fourth-order valence-corrected chi connectivity index (χ4v) is 5.69. The molecule has 2 aliphatic rings. The van der Waals surface area contributed by atoms with Gasteiger partial charge in [0.05, 0.1) is 16.4 Å². The number of nitrogens with zero attached hydrogens (tertiary/aromatic N) is 5. The number of hydrogen-bond donors (Lipinski definition) is 2. The zero-order valence-electron chi connectivity index (χ0n) is 20.1. The second-order valence-corrected chi connectivity index (χ2v) is 9.58. The zero-order valence-corrected chi connectivity index (χ0v) is 20.1. The number of para-hydroxylation sites is 2. The van der Waals surface area contributed by atoms with Crippen LogP contribution in [0.3, 0.4) is 0 Å². The van der Waals surface area contributed by atoms with Gasteiger partial charge >= 0.3 is 5.69 Å². The minimum Gasteiger partial charge on any atom is -0.325 e. The molecule has 1 atom stereocenters. The van der Waals surface area contributed by atoms with E-state index in [1.807, 2.05) is 48.5 Å². The Balaban J connectivity index is 1.16. The van der Waals surface area contributed by atoms with Gasteiger partial charge in [-0.2, -0.15) is 0 Å². The van der Waals surface area contributed by atoms with E-state index < -0.39 is 5.41 Å². The highest BCUT2D eigenvalue weighted by atomic mass is 16.2. The largest absolute Gasteiger partial charge is 0.335 e. The molecule has 38 heavy (non-hydrogen) atoms. The summed E-state index contributed by atoms with van der Waals surface area (Å²) in [7, 11) is 0. The lowest BCUT2D eigenvalue weighted by Crippen LogP contribution is -2.35. The summed E-state index contributed by atoms with van der Waals surface area (Å²) in [6.45, 7) is -0.167. The maximum atomic E-state index is 13.3. The van der Waals surface area contributed by atoms with E-state index >= 15 is 0 Å². The molecule has 3 aromatic heterocycles. The first-order chi connectivity index (χ1) is 18.5. The number of pyridine rings is 1. The van der Waals surface area contributed by atoms with Crippen molar-refractivity contribution in [3.05, 3.63) is 107 Å². The number of aromatic nitrogens is 5. The molecule has 0 saturated heterocycles. The van der Waals surface area contributed by atoms with E-state index in [4.69, 9.17) is 0 Å². The number of imidazole rings is 1. The molecule has 0 radical (unpaired) electrons. The summed E-state index contributed by atoms with van der Waals surface area (Å²) in [5.41, 5.74) is 3.83. The van der Waals surface area contributed by atoms with Crippen LogP contribution < -0.4 is 16.3 Å². The van der Waals surface area contributed by atoms with E-state index in [-0.39, 0.29) is 24.0 Å². The predicted molar refractivity (Wildman–Crippen MR) is 140 cm³/mol. The van der Waals surface area contributed by atoms with E-state index in [9.17, 15) is 14.4 Å². The Morgan fingerprint density at radius 3 is 2.63 bits per heavy atom. The van der Waals surface area contributed by atoms with Gasteiger partial charge in [-0.15, -0.1) is 0 Å². The van der Waals surface area contributed by atoms with Crippen molar-refractivity contribution in [2.45, 2.75) is 24.8 Å². The van der Waals surface area contributed by atoms with Crippen molar-refractivity contribution in [3.63, 3.8) is 0 Å². The number of hydrogen-bond acceptors (Lipinski definition) is 6. The Hall–Kier alpha value is -5.12. The van der Waals surface area contributed by atoms with Crippen molar-refractivity contribution in [1.82, 2.24) is 24.1 Å². The minimum atomic E-state index is -0.676. The molecule has 2 aromatic carbocycles. The average Bonchev–Trinajstić information content (AvgIpc) is 3.54. The molecule has 0 unspecified atom stereocenters. The summed E-state index contributed by atoms with van der Waals surface area (Å²) in [4.78, 5) is 51.9. The molecule has 1 aliphatic carbocycles. The van der Waals surface area contributed by atoms with E-state index in [1.54, 1.807) is 24.5 Å². The van der Waals surface area contributed by atoms with Gasteiger partial charge in [0.2, 0.25) is 11.8 Å². The smallest absolute Gasteiger partial charge is 0.325 e. The van der Waals surface area contributed by atoms with Crippen molar-refractivity contribution in [2.75, 3.05) is 10.6 Å². The highest BCUT2D eigenvalue weighted by Crippen LogP contribution is 2.46. The first kappa shape index (κ1) is 22.1. The van der Waals surface area contributed by atoms with Crippen LogP contribution in [0.15, 0.2) is 84.2 Å². The second kappa shape index (κ2) is 8.20. The lowest BCUT2D eigenvalue weighted by atomic mass is 9.79. The first-order valence-corrected chi connectivity index (χ1v) is 12.2. The third kappa shape index (κ3) is 3.27. The highest BCUT2D eigenvalue weighted by molar-refractivity contribution is 6.06. The van der Waals surface area contributed by atoms with Crippen LogP contribution >= 0.6 is 0 Å². The molecule has 10 heteroatoms. The normalized spacial score (nSPS) is 17.4. The number of rotatable bonds is 4. The average molecular weight is 504 g/mol. The lowest BCUT2D eigenvalue weighted by Gasteiger charge is -2.20. The van der Waals surface area contributed by atoms with Gasteiger partial charge in [-0.05, 0) is 60.4 Å². The van der Waals surface area contributed by atoms with Crippen LogP contribution in [0.2, 0.25) is 0 Å². The summed E-state index contributed by atoms with van der Waals surface area (Å²) in [6, 6.07) is 18.4. The summed E-state index contributed by atoms with van der Waals surface area (Å²) >= 11 is 0. The second-order valence-electron chi connectivity index (χ2n) is 9.58. The molecule has 10 nitrogen and oxygen atoms in total. The molecule has 1 aliphatic heterocycles. The number of amides is 2. The predicted octanol–water partition coefficient (Wildman–Crippen LogP) is 2.60. The molecule has 1 spiro atoms. The van der Waals surface area contributed by atoms with Gasteiger partial charge in [0, 0.05) is 23.6 Å². The van der Waals surface area contributed by atoms with Crippen LogP contribution in [-0.2, 0) is 34.4 Å². The SMILES string of the molecule is O=C(Cn1c(=O)n(-c2ccncn2)c2ccccc21)Nc1ccc2c(c1)C[C@]1(C2)C(=O)Nc2ncccc21. The number of carbonyl (C=O) groups is 2. The highest BCUT2D eigenvalue weighted by Gasteiger charge is 2.51. The van der Waals surface area contributed by atoms with E-state index in [0.717, 1.165) is 16.7 Å². The quantitative estimate of drug-likeness (QED) is 0.389. The number of benzene rings is 2. The molecule has 0 bridgehead atoms. The number of anilines is 2. The van der Waals surface area contributed by atoms with Gasteiger partial charge in [0.1, 0.15) is 24.5 Å². The maximum absolute atomic E-state index is 13.3. The molecule has 0 fully saturated rings. The van der Waals surface area contributed by atoms with Crippen LogP contribution in [0.4, 0.5) is 11.5 Å². The van der Waals surface area contributed by atoms with E-state index in [2.05, 4.69) is 25.6 Å². The monoisotopic (exact) mass is 503 g/mol. The van der Waals surface area contributed by atoms with Gasteiger partial charge in [-0.25, -0.2) is 24.3 Å². The van der Waals surface area contributed by atoms with Crippen molar-refractivity contribution in [3.8, 4) is 5.82 Å². The van der Waals surface area contributed by atoms with Gasteiger partial charge in [0.15, 0.2) is 0 Å². The van der Waals surface area contributed by atoms with Crippen LogP contribution in [0.5, 0.6) is 0 Å². The third-order valence-electron chi connectivity index (χ3n) is 7.40. The van der Waals surface area contributed by atoms with Gasteiger partial charge in [-0.3, -0.25) is 14.2 Å². The zero-order chi connectivity index (χ0) is 25.9. The Kier molecular flexibility index (Phi) is 4.77. The Morgan fingerprint density at radius 1 is 0.947 bits per heavy atom. The molecule has 7 rings (SSSR count). The number of fused-ring (bicyclic) bond motifs is 4. The van der Waals surface area contributed by atoms with Crippen LogP contribution in [0, 0.1) is 0 Å². The molecule has 186 valence electrons. The van der Waals surface area contributed by atoms with E-state index in [0.29, 0.717) is 41.2 Å². The summed E-state index contributed by atoms with van der Waals surface area (Å²) in [6.07, 6.45) is 5.73.